The number of anilines is 2. The van der Waals surface area contributed by atoms with Gasteiger partial charge in [-0.25, -0.2) is 4.39 Å². The minimum Gasteiger partial charge on any atom is -0.342 e. The molecule has 2 aromatic rings. The van der Waals surface area contributed by atoms with Crippen molar-refractivity contribution in [3.05, 3.63) is 59.9 Å². The van der Waals surface area contributed by atoms with Crippen molar-refractivity contribution in [2.45, 2.75) is 32.4 Å². The van der Waals surface area contributed by atoms with Crippen molar-refractivity contribution in [3.63, 3.8) is 0 Å². The van der Waals surface area contributed by atoms with Gasteiger partial charge >= 0.3 is 0 Å². The average Bonchev–Trinajstić information content (AvgIpc) is 3.31. The summed E-state index contributed by atoms with van der Waals surface area (Å²) in [4.78, 5) is 2.13. The second-order valence-corrected chi connectivity index (χ2v) is 5.55. The number of nitrogens with zero attached hydrogens (tertiary/aromatic N) is 1. The number of hydrogen-bond donors (Lipinski definition) is 1. The van der Waals surface area contributed by atoms with Gasteiger partial charge in [-0.05, 0) is 55.7 Å². The zero-order valence-corrected chi connectivity index (χ0v) is 12.3. The van der Waals surface area contributed by atoms with E-state index >= 15 is 0 Å². The van der Waals surface area contributed by atoms with Crippen molar-refractivity contribution in [2.75, 3.05) is 11.4 Å². The molecule has 0 spiro atoms. The predicted molar refractivity (Wildman–Crippen MR) is 85.4 cm³/mol. The number of benzene rings is 2. The van der Waals surface area contributed by atoms with Crippen LogP contribution in [0.1, 0.15) is 25.3 Å². The summed E-state index contributed by atoms with van der Waals surface area (Å²) < 4.78 is 13.9. The van der Waals surface area contributed by atoms with E-state index in [4.69, 9.17) is 0 Å². The highest BCUT2D eigenvalue weighted by Gasteiger charge is 2.20. The van der Waals surface area contributed by atoms with Crippen molar-refractivity contribution < 1.29 is 4.39 Å². The first kappa shape index (κ1) is 14.1. The Morgan fingerprint density at radius 2 is 1.86 bits per heavy atom. The van der Waals surface area contributed by atoms with Crippen LogP contribution in [0.4, 0.5) is 15.8 Å². The Bertz CT molecular complexity index is 593. The largest absolute Gasteiger partial charge is 0.342 e. The summed E-state index contributed by atoms with van der Waals surface area (Å²) in [5.41, 5.74) is 3.01. The molecule has 0 radical (unpaired) electrons. The molecule has 110 valence electrons. The number of hydrogen-bond acceptors (Lipinski definition) is 2. The topological polar surface area (TPSA) is 15.3 Å². The van der Waals surface area contributed by atoms with Gasteiger partial charge in [-0.3, -0.25) is 0 Å². The molecule has 0 unspecified atom stereocenters. The lowest BCUT2D eigenvalue weighted by Crippen LogP contribution is -2.18. The molecule has 1 N–H and O–H groups in total. The van der Waals surface area contributed by atoms with Gasteiger partial charge in [0.25, 0.3) is 0 Å². The van der Waals surface area contributed by atoms with E-state index in [0.717, 1.165) is 30.0 Å². The van der Waals surface area contributed by atoms with Crippen LogP contribution in [0.5, 0.6) is 0 Å². The molecule has 1 fully saturated rings. The Labute approximate surface area is 125 Å². The highest BCUT2D eigenvalue weighted by molar-refractivity contribution is 5.63. The Morgan fingerprint density at radius 3 is 2.52 bits per heavy atom. The van der Waals surface area contributed by atoms with Crippen LogP contribution in [0.25, 0.3) is 0 Å². The molecule has 2 nitrogen and oxygen atoms in total. The fourth-order valence-corrected chi connectivity index (χ4v) is 2.56. The summed E-state index contributed by atoms with van der Waals surface area (Å²) in [7, 11) is 0. The number of halogens is 1. The lowest BCUT2D eigenvalue weighted by atomic mass is 10.1. The molecule has 3 heteroatoms. The van der Waals surface area contributed by atoms with Gasteiger partial charge in [-0.1, -0.05) is 18.2 Å². The van der Waals surface area contributed by atoms with Crippen molar-refractivity contribution in [1.29, 1.82) is 0 Å². The molecule has 0 saturated heterocycles. The second-order valence-electron chi connectivity index (χ2n) is 5.55. The fourth-order valence-electron chi connectivity index (χ4n) is 2.56. The van der Waals surface area contributed by atoms with Crippen LogP contribution in [0.15, 0.2) is 48.5 Å². The third kappa shape index (κ3) is 3.61. The van der Waals surface area contributed by atoms with Gasteiger partial charge < -0.3 is 10.2 Å². The van der Waals surface area contributed by atoms with E-state index in [9.17, 15) is 4.39 Å². The minimum absolute atomic E-state index is 0.172. The summed E-state index contributed by atoms with van der Waals surface area (Å²) >= 11 is 0. The van der Waals surface area contributed by atoms with E-state index in [0.29, 0.717) is 6.04 Å². The maximum atomic E-state index is 13.9. The highest BCUT2D eigenvalue weighted by Crippen LogP contribution is 2.27. The van der Waals surface area contributed by atoms with Gasteiger partial charge in [0.1, 0.15) is 5.82 Å². The quantitative estimate of drug-likeness (QED) is 0.853. The Kier molecular flexibility index (Phi) is 4.20. The minimum atomic E-state index is -0.172. The summed E-state index contributed by atoms with van der Waals surface area (Å²) in [6.07, 6.45) is 2.49. The van der Waals surface area contributed by atoms with Crippen LogP contribution in [0, 0.1) is 5.82 Å². The number of rotatable bonds is 6. The second kappa shape index (κ2) is 6.27. The lowest BCUT2D eigenvalue weighted by Gasteiger charge is -2.24. The Morgan fingerprint density at radius 1 is 1.10 bits per heavy atom. The Hall–Kier alpha value is -1.87. The van der Waals surface area contributed by atoms with E-state index < -0.39 is 0 Å². The fraction of sp³-hybridized carbons (Fsp3) is 0.333. The maximum Gasteiger partial charge on any atom is 0.125 e. The highest BCUT2D eigenvalue weighted by atomic mass is 19.1. The van der Waals surface area contributed by atoms with Crippen LogP contribution in [-0.2, 0) is 6.54 Å². The van der Waals surface area contributed by atoms with Gasteiger partial charge in [0, 0.05) is 30.5 Å². The summed E-state index contributed by atoms with van der Waals surface area (Å²) in [6, 6.07) is 16.1. The van der Waals surface area contributed by atoms with Gasteiger partial charge in [-0.2, -0.15) is 0 Å². The Balaban J connectivity index is 1.84. The monoisotopic (exact) mass is 284 g/mol. The smallest absolute Gasteiger partial charge is 0.125 e. The van der Waals surface area contributed by atoms with Crippen LogP contribution in [0.2, 0.25) is 0 Å². The molecule has 0 heterocycles. The van der Waals surface area contributed by atoms with Crippen molar-refractivity contribution in [2.24, 2.45) is 0 Å². The van der Waals surface area contributed by atoms with Crippen LogP contribution in [-0.4, -0.2) is 12.6 Å². The van der Waals surface area contributed by atoms with Crippen LogP contribution >= 0.6 is 0 Å². The number of para-hydroxylation sites is 1. The van der Waals surface area contributed by atoms with Gasteiger partial charge in [0.05, 0.1) is 0 Å². The number of nitrogens with one attached hydrogen (secondary N) is 1. The molecule has 1 aliphatic carbocycles. The molecule has 1 saturated carbocycles. The van der Waals surface area contributed by atoms with Crippen molar-refractivity contribution in [1.82, 2.24) is 5.32 Å². The predicted octanol–water partition coefficient (Wildman–Crippen LogP) is 4.24. The van der Waals surface area contributed by atoms with E-state index in [1.54, 1.807) is 12.1 Å². The molecule has 0 aromatic heterocycles. The molecule has 3 rings (SSSR count). The molecule has 2 aromatic carbocycles. The summed E-state index contributed by atoms with van der Waals surface area (Å²) in [5, 5.41) is 3.44. The zero-order valence-electron chi connectivity index (χ0n) is 12.3. The van der Waals surface area contributed by atoms with Gasteiger partial charge in [0.15, 0.2) is 0 Å². The lowest BCUT2D eigenvalue weighted by molar-refractivity contribution is 0.619. The summed E-state index contributed by atoms with van der Waals surface area (Å²) in [5.74, 6) is -0.172. The molecule has 0 bridgehead atoms. The SMILES string of the molecule is CCN(c1ccccc1)c1cc(F)cc(CNC2CC2)c1. The molecule has 0 atom stereocenters. The molecule has 1 aliphatic rings. The maximum absolute atomic E-state index is 13.9. The average molecular weight is 284 g/mol. The standard InChI is InChI=1S/C18H21FN2/c1-2-21(17-6-4-3-5-7-17)18-11-14(10-15(19)12-18)13-20-16-8-9-16/h3-7,10-12,16,20H,2,8-9,13H2,1H3. The molecule has 21 heavy (non-hydrogen) atoms. The normalized spacial score (nSPS) is 14.2. The van der Waals surface area contributed by atoms with Gasteiger partial charge in [0.2, 0.25) is 0 Å². The molecular weight excluding hydrogens is 263 g/mol. The van der Waals surface area contributed by atoms with Crippen molar-refractivity contribution >= 4 is 11.4 Å². The first-order valence-electron chi connectivity index (χ1n) is 7.61. The third-order valence-electron chi connectivity index (χ3n) is 3.81. The molecule has 0 aliphatic heterocycles. The van der Waals surface area contributed by atoms with E-state index in [-0.39, 0.29) is 5.82 Å². The summed E-state index contributed by atoms with van der Waals surface area (Å²) in [6.45, 7) is 3.63. The van der Waals surface area contributed by atoms with E-state index in [1.165, 1.54) is 12.8 Å². The molecular formula is C18H21FN2. The first-order valence-corrected chi connectivity index (χ1v) is 7.61. The third-order valence-corrected chi connectivity index (χ3v) is 3.81. The molecule has 0 amide bonds. The van der Waals surface area contributed by atoms with Crippen LogP contribution < -0.4 is 10.2 Å². The van der Waals surface area contributed by atoms with Crippen LogP contribution in [0.3, 0.4) is 0 Å². The van der Waals surface area contributed by atoms with Crippen molar-refractivity contribution in [3.8, 4) is 0 Å². The van der Waals surface area contributed by atoms with E-state index in [2.05, 4.69) is 35.3 Å². The zero-order chi connectivity index (χ0) is 14.7. The van der Waals surface area contributed by atoms with E-state index in [1.807, 2.05) is 18.2 Å². The van der Waals surface area contributed by atoms with Gasteiger partial charge in [-0.15, -0.1) is 0 Å². The first-order chi connectivity index (χ1) is 10.3.